The molecular formula is C20H30N4O6. The van der Waals surface area contributed by atoms with Gasteiger partial charge in [-0.1, -0.05) is 26.0 Å². The predicted molar refractivity (Wildman–Crippen MR) is 108 cm³/mol. The Labute approximate surface area is 177 Å². The van der Waals surface area contributed by atoms with Crippen molar-refractivity contribution in [2.75, 3.05) is 13.1 Å². The predicted octanol–water partition coefficient (Wildman–Crippen LogP) is 2.46. The van der Waals surface area contributed by atoms with Gasteiger partial charge in [0.1, 0.15) is 0 Å². The van der Waals surface area contributed by atoms with Crippen molar-refractivity contribution in [1.29, 1.82) is 0 Å². The Hall–Kier alpha value is -3.04. The summed E-state index contributed by atoms with van der Waals surface area (Å²) in [5.41, 5.74) is 0.308. The van der Waals surface area contributed by atoms with Crippen LogP contribution < -0.4 is 10.6 Å². The summed E-state index contributed by atoms with van der Waals surface area (Å²) in [7, 11) is 0. The average Bonchev–Trinajstić information content (AvgIpc) is 2.70. The molecule has 1 aliphatic carbocycles. The van der Waals surface area contributed by atoms with Crippen LogP contribution in [0.25, 0.3) is 0 Å². The summed E-state index contributed by atoms with van der Waals surface area (Å²) in [6.07, 6.45) is 2.75. The molecule has 10 nitrogen and oxygen atoms in total. The van der Waals surface area contributed by atoms with Gasteiger partial charge in [0.2, 0.25) is 0 Å². The average molecular weight is 422 g/mol. The maximum Gasteiger partial charge on any atom is 0.372 e. The quantitative estimate of drug-likeness (QED) is 0.479. The van der Waals surface area contributed by atoms with Crippen LogP contribution in [0.1, 0.15) is 53.4 Å². The van der Waals surface area contributed by atoms with Gasteiger partial charge in [-0.05, 0) is 40.5 Å². The van der Waals surface area contributed by atoms with E-state index >= 15 is 0 Å². The van der Waals surface area contributed by atoms with Crippen molar-refractivity contribution in [1.82, 2.24) is 20.8 Å². The largest absolute Gasteiger partial charge is 0.372 e. The third-order valence-corrected chi connectivity index (χ3v) is 4.33. The molecule has 0 bridgehead atoms. The topological polar surface area (TPSA) is 121 Å². The lowest BCUT2D eigenvalue weighted by molar-refractivity contribution is -0.172. The molecule has 30 heavy (non-hydrogen) atoms. The van der Waals surface area contributed by atoms with Crippen LogP contribution in [0.3, 0.4) is 0 Å². The Bertz CT molecular complexity index is 635. The maximum absolute atomic E-state index is 12.5. The van der Waals surface area contributed by atoms with E-state index in [1.165, 1.54) is 13.8 Å². The second-order valence-corrected chi connectivity index (χ2v) is 6.95. The molecule has 4 amide bonds. The van der Waals surface area contributed by atoms with Gasteiger partial charge in [0.25, 0.3) is 0 Å². The summed E-state index contributed by atoms with van der Waals surface area (Å²) >= 11 is 0. The molecular weight excluding hydrogens is 392 g/mol. The van der Waals surface area contributed by atoms with Crippen LogP contribution >= 0.6 is 0 Å². The zero-order valence-corrected chi connectivity index (χ0v) is 18.0. The first-order valence-corrected chi connectivity index (χ1v) is 9.90. The van der Waals surface area contributed by atoms with Crippen LogP contribution in [0.2, 0.25) is 0 Å². The highest BCUT2D eigenvalue weighted by Gasteiger charge is 2.34. The molecule has 2 radical (unpaired) electrons. The molecule has 10 heteroatoms. The molecule has 0 aromatic rings. The lowest BCUT2D eigenvalue weighted by Crippen LogP contribution is -2.52. The van der Waals surface area contributed by atoms with Crippen molar-refractivity contribution in [3.63, 3.8) is 0 Å². The molecule has 1 rings (SSSR count). The van der Waals surface area contributed by atoms with Crippen LogP contribution in [0, 0.1) is 0 Å². The number of nitrogens with zero attached hydrogens (tertiary/aromatic N) is 4. The molecule has 0 aromatic heterocycles. The first-order chi connectivity index (χ1) is 14.1. The van der Waals surface area contributed by atoms with Crippen molar-refractivity contribution in [2.24, 2.45) is 0 Å². The molecule has 1 saturated carbocycles. The van der Waals surface area contributed by atoms with Gasteiger partial charge in [0.05, 0.1) is 25.2 Å². The number of rotatable bonds is 6. The fraction of sp³-hybridized carbons (Fsp3) is 0.600. The molecule has 0 saturated heterocycles. The van der Waals surface area contributed by atoms with Crippen LogP contribution in [0.5, 0.6) is 0 Å². The summed E-state index contributed by atoms with van der Waals surface area (Å²) in [6, 6.07) is -2.56. The number of hydrogen-bond acceptors (Lipinski definition) is 6. The fourth-order valence-electron chi connectivity index (χ4n) is 2.64. The highest BCUT2D eigenvalue weighted by molar-refractivity contribution is 5.88. The molecule has 2 atom stereocenters. The minimum Gasteiger partial charge on any atom is -0.332 e. The second kappa shape index (κ2) is 11.8. The van der Waals surface area contributed by atoms with E-state index in [0.29, 0.717) is 12.8 Å². The number of hydrogen-bond donors (Lipinski definition) is 0. The van der Waals surface area contributed by atoms with Crippen LogP contribution in [-0.4, -0.2) is 59.3 Å². The normalized spacial score (nSPS) is 17.9. The Morgan fingerprint density at radius 3 is 1.40 bits per heavy atom. The highest BCUT2D eigenvalue weighted by Crippen LogP contribution is 2.21. The molecule has 166 valence electrons. The van der Waals surface area contributed by atoms with E-state index in [4.69, 9.17) is 9.68 Å². The van der Waals surface area contributed by atoms with Crippen LogP contribution in [0.4, 0.5) is 9.59 Å². The number of carbonyl (C=O) groups is 4. The Balaban J connectivity index is 2.77. The molecule has 1 fully saturated rings. The lowest BCUT2D eigenvalue weighted by Gasteiger charge is -2.31. The van der Waals surface area contributed by atoms with Gasteiger partial charge in [-0.3, -0.25) is 0 Å². The summed E-state index contributed by atoms with van der Waals surface area (Å²) in [4.78, 5) is 58.3. The zero-order valence-electron chi connectivity index (χ0n) is 18.0. The van der Waals surface area contributed by atoms with Gasteiger partial charge in [-0.25, -0.2) is 29.8 Å². The number of amides is 4. The standard InChI is InChI=1S/C20H30N4O6/c1-7-23(29-17(25)13(3)4)19(27)21-15-11-9-10-12-16(15)22-20(28)24(8-2)30-18(26)14(5)6/h15-16H,3,5,7-12H2,1-2,4,6H3. The molecule has 1 aliphatic rings. The van der Waals surface area contributed by atoms with Crippen molar-refractivity contribution in [2.45, 2.75) is 65.5 Å². The lowest BCUT2D eigenvalue weighted by atomic mass is 9.90. The zero-order chi connectivity index (χ0) is 22.8. The van der Waals surface area contributed by atoms with Gasteiger partial charge in [0, 0.05) is 11.1 Å². The fourth-order valence-corrected chi connectivity index (χ4v) is 2.64. The van der Waals surface area contributed by atoms with Crippen LogP contribution in [-0.2, 0) is 19.3 Å². The Morgan fingerprint density at radius 1 is 0.800 bits per heavy atom. The van der Waals surface area contributed by atoms with E-state index in [1.54, 1.807) is 13.8 Å². The van der Waals surface area contributed by atoms with E-state index in [2.05, 4.69) is 23.8 Å². The molecule has 0 heterocycles. The number of urea groups is 2. The van der Waals surface area contributed by atoms with Gasteiger partial charge in [-0.2, -0.15) is 10.1 Å². The van der Waals surface area contributed by atoms with Gasteiger partial charge < -0.3 is 9.68 Å². The monoisotopic (exact) mass is 422 g/mol. The molecule has 0 spiro atoms. The van der Waals surface area contributed by atoms with Gasteiger partial charge in [-0.15, -0.1) is 0 Å². The maximum atomic E-state index is 12.5. The number of hydroxylamine groups is 4. The molecule has 0 N–H and O–H groups in total. The molecule has 0 aromatic carbocycles. The first-order valence-electron chi connectivity index (χ1n) is 9.90. The van der Waals surface area contributed by atoms with Crippen molar-refractivity contribution < 1.29 is 28.9 Å². The summed E-state index contributed by atoms with van der Waals surface area (Å²) in [5.74, 6) is -1.45. The van der Waals surface area contributed by atoms with E-state index in [0.717, 1.165) is 23.0 Å². The van der Waals surface area contributed by atoms with E-state index in [9.17, 15) is 19.2 Å². The summed E-state index contributed by atoms with van der Waals surface area (Å²) in [5, 5.41) is 9.93. The highest BCUT2D eigenvalue weighted by atomic mass is 16.7. The van der Waals surface area contributed by atoms with Crippen molar-refractivity contribution in [3.8, 4) is 0 Å². The third kappa shape index (κ3) is 7.41. The minimum absolute atomic E-state index is 0.106. The number of carbonyl (C=O) groups excluding carboxylic acids is 4. The van der Waals surface area contributed by atoms with Crippen molar-refractivity contribution in [3.05, 3.63) is 24.3 Å². The van der Waals surface area contributed by atoms with E-state index < -0.39 is 36.1 Å². The van der Waals surface area contributed by atoms with E-state index in [1.807, 2.05) is 0 Å². The van der Waals surface area contributed by atoms with Gasteiger partial charge in [0.15, 0.2) is 0 Å². The molecule has 0 aliphatic heterocycles. The van der Waals surface area contributed by atoms with Crippen molar-refractivity contribution >= 4 is 24.0 Å². The molecule has 2 unspecified atom stereocenters. The minimum atomic E-state index is -0.729. The first kappa shape index (κ1) is 25.0. The summed E-state index contributed by atoms with van der Waals surface area (Å²) < 4.78 is 0. The Morgan fingerprint density at radius 2 is 1.13 bits per heavy atom. The summed E-state index contributed by atoms with van der Waals surface area (Å²) in [6.45, 7) is 13.4. The second-order valence-electron chi connectivity index (χ2n) is 6.95. The van der Waals surface area contributed by atoms with E-state index in [-0.39, 0.29) is 24.2 Å². The smallest absolute Gasteiger partial charge is 0.332 e. The van der Waals surface area contributed by atoms with Crippen LogP contribution in [0.15, 0.2) is 24.3 Å². The van der Waals surface area contributed by atoms with Gasteiger partial charge >= 0.3 is 24.0 Å². The SMILES string of the molecule is C=C(C)C(=O)ON(CC)C(=O)[N]C1CCCCC1[N]C(=O)N(CC)OC(=O)C(=C)C. The Kier molecular flexibility index (Phi) is 9.87. The third-order valence-electron chi connectivity index (χ3n) is 4.33.